The molecule has 108 valence electrons. The fraction of sp³-hybridized carbons (Fsp3) is 0.812. The second-order valence-electron chi connectivity index (χ2n) is 6.48. The number of aromatic nitrogens is 2. The highest BCUT2D eigenvalue weighted by Crippen LogP contribution is 2.22. The Labute approximate surface area is 117 Å². The van der Waals surface area contributed by atoms with Crippen molar-refractivity contribution < 1.29 is 0 Å². The highest BCUT2D eigenvalue weighted by atomic mass is 15.3. The Morgan fingerprint density at radius 2 is 2.16 bits per heavy atom. The largest absolute Gasteiger partial charge is 0.314 e. The van der Waals surface area contributed by atoms with E-state index in [9.17, 15) is 0 Å². The standard InChI is InChI=1S/C16H29N3/c1-5-19-16(9-13(4)18-19)10-14(8-12(2)3)11-17-15-6-7-15/h9,12,14-15,17H,5-8,10-11H2,1-4H3. The van der Waals surface area contributed by atoms with Crippen LogP contribution >= 0.6 is 0 Å². The molecular weight excluding hydrogens is 234 g/mol. The molecule has 1 aliphatic carbocycles. The molecule has 1 aromatic heterocycles. The third-order valence-corrected chi connectivity index (χ3v) is 3.86. The Balaban J connectivity index is 1.95. The predicted molar refractivity (Wildman–Crippen MR) is 80.3 cm³/mol. The van der Waals surface area contributed by atoms with E-state index < -0.39 is 0 Å². The van der Waals surface area contributed by atoms with Crippen LogP contribution in [0.3, 0.4) is 0 Å². The Morgan fingerprint density at radius 3 is 2.74 bits per heavy atom. The molecule has 0 amide bonds. The second kappa shape index (κ2) is 6.56. The average Bonchev–Trinajstić information content (AvgIpc) is 3.09. The van der Waals surface area contributed by atoms with E-state index in [1.165, 1.54) is 25.0 Å². The summed E-state index contributed by atoms with van der Waals surface area (Å²) in [4.78, 5) is 0. The minimum atomic E-state index is 0.738. The smallest absolute Gasteiger partial charge is 0.0596 e. The summed E-state index contributed by atoms with van der Waals surface area (Å²) < 4.78 is 2.17. The van der Waals surface area contributed by atoms with Gasteiger partial charge in [0.25, 0.3) is 0 Å². The van der Waals surface area contributed by atoms with E-state index in [0.29, 0.717) is 0 Å². The lowest BCUT2D eigenvalue weighted by atomic mass is 9.92. The van der Waals surface area contributed by atoms with E-state index in [1.807, 2.05) is 0 Å². The van der Waals surface area contributed by atoms with Gasteiger partial charge in [0, 0.05) is 18.3 Å². The third kappa shape index (κ3) is 4.64. The average molecular weight is 263 g/mol. The van der Waals surface area contributed by atoms with Crippen molar-refractivity contribution in [2.45, 2.75) is 66.0 Å². The van der Waals surface area contributed by atoms with Gasteiger partial charge in [-0.2, -0.15) is 5.10 Å². The molecule has 19 heavy (non-hydrogen) atoms. The van der Waals surface area contributed by atoms with Crippen molar-refractivity contribution in [2.24, 2.45) is 11.8 Å². The summed E-state index contributed by atoms with van der Waals surface area (Å²) >= 11 is 0. The topological polar surface area (TPSA) is 29.9 Å². The van der Waals surface area contributed by atoms with Gasteiger partial charge in [-0.1, -0.05) is 13.8 Å². The fourth-order valence-electron chi connectivity index (χ4n) is 2.86. The van der Waals surface area contributed by atoms with Crippen molar-refractivity contribution in [1.29, 1.82) is 0 Å². The molecule has 2 rings (SSSR count). The monoisotopic (exact) mass is 263 g/mol. The Bertz CT molecular complexity index is 391. The maximum atomic E-state index is 4.57. The van der Waals surface area contributed by atoms with Crippen LogP contribution in [0.4, 0.5) is 0 Å². The minimum Gasteiger partial charge on any atom is -0.314 e. The van der Waals surface area contributed by atoms with Gasteiger partial charge in [-0.25, -0.2) is 0 Å². The summed E-state index contributed by atoms with van der Waals surface area (Å²) in [5, 5.41) is 8.26. The number of nitrogens with zero attached hydrogens (tertiary/aromatic N) is 2. The summed E-state index contributed by atoms with van der Waals surface area (Å²) in [6.45, 7) is 11.1. The van der Waals surface area contributed by atoms with Crippen LogP contribution < -0.4 is 5.32 Å². The Kier molecular flexibility index (Phi) is 5.03. The molecular formula is C16H29N3. The molecule has 3 nitrogen and oxygen atoms in total. The highest BCUT2D eigenvalue weighted by Gasteiger charge is 2.23. The van der Waals surface area contributed by atoms with Crippen LogP contribution in [-0.2, 0) is 13.0 Å². The summed E-state index contributed by atoms with van der Waals surface area (Å²) in [5.41, 5.74) is 2.55. The Morgan fingerprint density at radius 1 is 1.42 bits per heavy atom. The lowest BCUT2D eigenvalue weighted by Gasteiger charge is -2.20. The van der Waals surface area contributed by atoms with Crippen LogP contribution in [0.5, 0.6) is 0 Å². The van der Waals surface area contributed by atoms with Crippen LogP contribution in [0.1, 0.15) is 51.4 Å². The number of hydrogen-bond donors (Lipinski definition) is 1. The normalized spacial score (nSPS) is 17.1. The van der Waals surface area contributed by atoms with Crippen LogP contribution in [0.2, 0.25) is 0 Å². The van der Waals surface area contributed by atoms with Crippen molar-refractivity contribution >= 4 is 0 Å². The van der Waals surface area contributed by atoms with Gasteiger partial charge in [0.15, 0.2) is 0 Å². The van der Waals surface area contributed by atoms with Crippen LogP contribution in [0.25, 0.3) is 0 Å². The van der Waals surface area contributed by atoms with E-state index in [-0.39, 0.29) is 0 Å². The molecule has 1 fully saturated rings. The molecule has 1 aromatic rings. The molecule has 1 atom stereocenters. The SMILES string of the molecule is CCn1nc(C)cc1CC(CNC1CC1)CC(C)C. The van der Waals surface area contributed by atoms with Crippen molar-refractivity contribution in [3.05, 3.63) is 17.5 Å². The van der Waals surface area contributed by atoms with Crippen LogP contribution in [-0.4, -0.2) is 22.4 Å². The van der Waals surface area contributed by atoms with Gasteiger partial charge in [-0.3, -0.25) is 4.68 Å². The quantitative estimate of drug-likeness (QED) is 0.781. The molecule has 0 spiro atoms. The summed E-state index contributed by atoms with van der Waals surface area (Å²) in [6, 6.07) is 3.07. The van der Waals surface area contributed by atoms with Crippen molar-refractivity contribution in [2.75, 3.05) is 6.54 Å². The van der Waals surface area contributed by atoms with Crippen LogP contribution in [0.15, 0.2) is 6.07 Å². The van der Waals surface area contributed by atoms with Crippen molar-refractivity contribution in [3.8, 4) is 0 Å². The zero-order valence-corrected chi connectivity index (χ0v) is 12.9. The molecule has 1 unspecified atom stereocenters. The molecule has 0 aliphatic heterocycles. The molecule has 1 N–H and O–H groups in total. The molecule has 0 bridgehead atoms. The highest BCUT2D eigenvalue weighted by molar-refractivity contribution is 5.10. The molecule has 0 saturated heterocycles. The zero-order chi connectivity index (χ0) is 13.8. The first-order valence-electron chi connectivity index (χ1n) is 7.85. The van der Waals surface area contributed by atoms with E-state index in [2.05, 4.69) is 48.9 Å². The van der Waals surface area contributed by atoms with E-state index in [4.69, 9.17) is 0 Å². The van der Waals surface area contributed by atoms with Crippen LogP contribution in [0, 0.1) is 18.8 Å². The van der Waals surface area contributed by atoms with Gasteiger partial charge in [-0.15, -0.1) is 0 Å². The number of nitrogens with one attached hydrogen (secondary N) is 1. The third-order valence-electron chi connectivity index (χ3n) is 3.86. The first-order valence-corrected chi connectivity index (χ1v) is 7.85. The van der Waals surface area contributed by atoms with Gasteiger partial charge in [0.2, 0.25) is 0 Å². The molecule has 0 aromatic carbocycles. The summed E-state index contributed by atoms with van der Waals surface area (Å²) in [5.74, 6) is 1.51. The number of rotatable bonds is 8. The molecule has 0 radical (unpaired) electrons. The predicted octanol–water partition coefficient (Wildman–Crippen LogP) is 3.17. The molecule has 1 aliphatic rings. The maximum Gasteiger partial charge on any atom is 0.0596 e. The Hall–Kier alpha value is -0.830. The fourth-order valence-corrected chi connectivity index (χ4v) is 2.86. The van der Waals surface area contributed by atoms with Gasteiger partial charge in [0.05, 0.1) is 5.69 Å². The summed E-state index contributed by atoms with van der Waals surface area (Å²) in [6.07, 6.45) is 5.21. The number of hydrogen-bond acceptors (Lipinski definition) is 2. The second-order valence-corrected chi connectivity index (χ2v) is 6.48. The lowest BCUT2D eigenvalue weighted by Crippen LogP contribution is -2.27. The first-order chi connectivity index (χ1) is 9.08. The molecule has 3 heteroatoms. The van der Waals surface area contributed by atoms with Crippen molar-refractivity contribution in [3.63, 3.8) is 0 Å². The molecule has 1 heterocycles. The van der Waals surface area contributed by atoms with E-state index in [1.54, 1.807) is 0 Å². The zero-order valence-electron chi connectivity index (χ0n) is 12.9. The van der Waals surface area contributed by atoms with Gasteiger partial charge >= 0.3 is 0 Å². The van der Waals surface area contributed by atoms with Gasteiger partial charge in [0.1, 0.15) is 0 Å². The lowest BCUT2D eigenvalue weighted by molar-refractivity contribution is 0.375. The van der Waals surface area contributed by atoms with Gasteiger partial charge in [-0.05, 0) is 64.0 Å². The summed E-state index contributed by atoms with van der Waals surface area (Å²) in [7, 11) is 0. The maximum absolute atomic E-state index is 4.57. The first kappa shape index (κ1) is 14.6. The molecule has 1 saturated carbocycles. The minimum absolute atomic E-state index is 0.738. The number of aryl methyl sites for hydroxylation is 2. The van der Waals surface area contributed by atoms with E-state index in [0.717, 1.165) is 43.1 Å². The van der Waals surface area contributed by atoms with Crippen molar-refractivity contribution in [1.82, 2.24) is 15.1 Å². The van der Waals surface area contributed by atoms with E-state index >= 15 is 0 Å². The van der Waals surface area contributed by atoms with Gasteiger partial charge < -0.3 is 5.32 Å².